The minimum absolute atomic E-state index is 0.0455. The first-order chi connectivity index (χ1) is 9.58. The van der Waals surface area contributed by atoms with Crippen molar-refractivity contribution in [2.45, 2.75) is 25.9 Å². The van der Waals surface area contributed by atoms with Gasteiger partial charge < -0.3 is 15.2 Å². The summed E-state index contributed by atoms with van der Waals surface area (Å²) in [6, 6.07) is 5.03. The summed E-state index contributed by atoms with van der Waals surface area (Å²) < 4.78 is 5.26. The molecule has 0 aliphatic carbocycles. The molecule has 20 heavy (non-hydrogen) atoms. The third kappa shape index (κ3) is 3.68. The quantitative estimate of drug-likeness (QED) is 0.637. The van der Waals surface area contributed by atoms with Crippen molar-refractivity contribution in [3.05, 3.63) is 33.9 Å². The predicted octanol–water partition coefficient (Wildman–Crippen LogP) is 2.10. The fourth-order valence-electron chi connectivity index (χ4n) is 2.42. The number of benzene rings is 1. The third-order valence-corrected chi connectivity index (χ3v) is 3.66. The van der Waals surface area contributed by atoms with Crippen LogP contribution in [0, 0.1) is 23.0 Å². The molecular weight excluding hydrogens is 260 g/mol. The summed E-state index contributed by atoms with van der Waals surface area (Å²) in [5, 5.41) is 24.1. The number of rotatable bonds is 5. The van der Waals surface area contributed by atoms with Crippen LogP contribution in [0.1, 0.15) is 18.4 Å². The number of aliphatic hydroxyl groups is 1. The lowest BCUT2D eigenvalue weighted by atomic mass is 9.94. The van der Waals surface area contributed by atoms with Crippen molar-refractivity contribution in [3.8, 4) is 0 Å². The van der Waals surface area contributed by atoms with E-state index in [9.17, 15) is 15.2 Å². The number of nitrogens with zero attached hydrogens (tertiary/aromatic N) is 1. The Morgan fingerprint density at radius 2 is 2.20 bits per heavy atom. The molecule has 0 spiro atoms. The van der Waals surface area contributed by atoms with Gasteiger partial charge in [-0.15, -0.1) is 0 Å². The molecule has 0 radical (unpaired) electrons. The van der Waals surface area contributed by atoms with Gasteiger partial charge in [-0.25, -0.2) is 0 Å². The van der Waals surface area contributed by atoms with E-state index in [-0.39, 0.29) is 11.6 Å². The number of nitrogens with one attached hydrogen (secondary N) is 1. The zero-order valence-corrected chi connectivity index (χ0v) is 11.5. The van der Waals surface area contributed by atoms with Crippen molar-refractivity contribution < 1.29 is 14.8 Å². The first-order valence-corrected chi connectivity index (χ1v) is 6.82. The van der Waals surface area contributed by atoms with Crippen LogP contribution < -0.4 is 5.32 Å². The van der Waals surface area contributed by atoms with E-state index in [4.69, 9.17) is 4.74 Å². The van der Waals surface area contributed by atoms with Crippen LogP contribution in [0.4, 0.5) is 11.4 Å². The summed E-state index contributed by atoms with van der Waals surface area (Å²) in [5.74, 6) is 0.195. The average Bonchev–Trinajstić information content (AvgIpc) is 2.46. The van der Waals surface area contributed by atoms with Crippen molar-refractivity contribution in [2.24, 2.45) is 5.92 Å². The minimum atomic E-state index is -0.514. The average molecular weight is 280 g/mol. The third-order valence-electron chi connectivity index (χ3n) is 3.66. The van der Waals surface area contributed by atoms with Gasteiger partial charge in [-0.1, -0.05) is 6.07 Å². The molecule has 2 N–H and O–H groups in total. The molecule has 1 fully saturated rings. The zero-order valence-electron chi connectivity index (χ0n) is 11.5. The van der Waals surface area contributed by atoms with Crippen molar-refractivity contribution in [3.63, 3.8) is 0 Å². The molecule has 1 saturated heterocycles. The number of nitro groups is 1. The highest BCUT2D eigenvalue weighted by Gasteiger charge is 2.23. The van der Waals surface area contributed by atoms with Crippen molar-refractivity contribution in [2.75, 3.05) is 25.1 Å². The summed E-state index contributed by atoms with van der Waals surface area (Å²) >= 11 is 0. The van der Waals surface area contributed by atoms with Crippen LogP contribution in [0.5, 0.6) is 0 Å². The molecule has 0 aromatic heterocycles. The summed E-state index contributed by atoms with van der Waals surface area (Å²) in [5.41, 5.74) is 1.34. The summed E-state index contributed by atoms with van der Waals surface area (Å²) in [7, 11) is 0. The van der Waals surface area contributed by atoms with E-state index >= 15 is 0 Å². The second kappa shape index (κ2) is 6.67. The molecule has 1 aliphatic heterocycles. The Hall–Kier alpha value is -1.66. The maximum absolute atomic E-state index is 11.0. The SMILES string of the molecule is Cc1ccc(NC[C@@H](O)C2CCOCC2)c([N+](=O)[O-])c1. The first-order valence-electron chi connectivity index (χ1n) is 6.82. The molecule has 0 amide bonds. The van der Waals surface area contributed by atoms with E-state index in [0.717, 1.165) is 18.4 Å². The largest absolute Gasteiger partial charge is 0.391 e. The number of hydrogen-bond donors (Lipinski definition) is 2. The van der Waals surface area contributed by atoms with Crippen LogP contribution in [0.2, 0.25) is 0 Å². The van der Waals surface area contributed by atoms with E-state index in [1.165, 1.54) is 6.07 Å². The van der Waals surface area contributed by atoms with Crippen molar-refractivity contribution in [1.82, 2.24) is 0 Å². The standard InChI is InChI=1S/C14H20N2O4/c1-10-2-3-12(13(8-10)16(18)19)15-9-14(17)11-4-6-20-7-5-11/h2-3,8,11,14-15,17H,4-7,9H2,1H3/t14-/m1/s1. The fraction of sp³-hybridized carbons (Fsp3) is 0.571. The van der Waals surface area contributed by atoms with Gasteiger partial charge in [0.15, 0.2) is 0 Å². The summed E-state index contributed by atoms with van der Waals surface area (Å²) in [6.07, 6.45) is 1.15. The van der Waals surface area contributed by atoms with Crippen molar-refractivity contribution in [1.29, 1.82) is 0 Å². The molecule has 1 heterocycles. The van der Waals surface area contributed by atoms with Gasteiger partial charge in [-0.3, -0.25) is 10.1 Å². The minimum Gasteiger partial charge on any atom is -0.391 e. The van der Waals surface area contributed by atoms with Gasteiger partial charge in [0.25, 0.3) is 5.69 Å². The van der Waals surface area contributed by atoms with Crippen LogP contribution in [-0.4, -0.2) is 35.9 Å². The Morgan fingerprint density at radius 1 is 1.50 bits per heavy atom. The summed E-state index contributed by atoms with van der Waals surface area (Å²) in [6.45, 7) is 3.47. The Balaban J connectivity index is 1.97. The highest BCUT2D eigenvalue weighted by Crippen LogP contribution is 2.26. The molecule has 6 nitrogen and oxygen atoms in total. The van der Waals surface area contributed by atoms with Gasteiger partial charge in [0.2, 0.25) is 0 Å². The van der Waals surface area contributed by atoms with E-state index < -0.39 is 11.0 Å². The fourth-order valence-corrected chi connectivity index (χ4v) is 2.42. The predicted molar refractivity (Wildman–Crippen MR) is 75.9 cm³/mol. The number of aliphatic hydroxyl groups excluding tert-OH is 1. The maximum atomic E-state index is 11.0. The van der Waals surface area contributed by atoms with Crippen LogP contribution in [0.25, 0.3) is 0 Å². The van der Waals surface area contributed by atoms with Crippen LogP contribution >= 0.6 is 0 Å². The number of ether oxygens (including phenoxy) is 1. The van der Waals surface area contributed by atoms with E-state index in [1.807, 2.05) is 13.0 Å². The number of nitro benzene ring substituents is 1. The number of hydrogen-bond acceptors (Lipinski definition) is 5. The highest BCUT2D eigenvalue weighted by molar-refractivity contribution is 5.62. The smallest absolute Gasteiger partial charge is 0.292 e. The first kappa shape index (κ1) is 14.7. The lowest BCUT2D eigenvalue weighted by Crippen LogP contribution is -2.32. The number of anilines is 1. The normalized spacial score (nSPS) is 17.7. The molecule has 0 bridgehead atoms. The Morgan fingerprint density at radius 3 is 2.85 bits per heavy atom. The van der Waals surface area contributed by atoms with E-state index in [2.05, 4.69) is 5.32 Å². The lowest BCUT2D eigenvalue weighted by Gasteiger charge is -2.27. The monoisotopic (exact) mass is 280 g/mol. The van der Waals surface area contributed by atoms with Crippen LogP contribution in [-0.2, 0) is 4.74 Å². The Kier molecular flexibility index (Phi) is 4.92. The zero-order chi connectivity index (χ0) is 14.5. The molecule has 1 aliphatic rings. The number of aryl methyl sites for hydroxylation is 1. The molecule has 1 aromatic carbocycles. The van der Waals surface area contributed by atoms with Gasteiger partial charge in [0, 0.05) is 25.8 Å². The maximum Gasteiger partial charge on any atom is 0.292 e. The molecule has 2 rings (SSSR count). The van der Waals surface area contributed by atoms with Crippen LogP contribution in [0.15, 0.2) is 18.2 Å². The van der Waals surface area contributed by atoms with Gasteiger partial charge in [0.1, 0.15) is 5.69 Å². The molecule has 110 valence electrons. The molecular formula is C14H20N2O4. The van der Waals surface area contributed by atoms with Gasteiger partial charge in [-0.2, -0.15) is 0 Å². The van der Waals surface area contributed by atoms with Gasteiger partial charge in [-0.05, 0) is 37.3 Å². The van der Waals surface area contributed by atoms with Gasteiger partial charge in [0.05, 0.1) is 11.0 Å². The van der Waals surface area contributed by atoms with E-state index in [1.54, 1.807) is 6.07 Å². The molecule has 1 atom stereocenters. The molecule has 6 heteroatoms. The summed E-state index contributed by atoms with van der Waals surface area (Å²) in [4.78, 5) is 10.6. The molecule has 0 unspecified atom stereocenters. The van der Waals surface area contributed by atoms with Crippen molar-refractivity contribution >= 4 is 11.4 Å². The van der Waals surface area contributed by atoms with Crippen LogP contribution in [0.3, 0.4) is 0 Å². The Bertz CT molecular complexity index is 472. The van der Waals surface area contributed by atoms with E-state index in [0.29, 0.717) is 25.4 Å². The topological polar surface area (TPSA) is 84.6 Å². The second-order valence-corrected chi connectivity index (χ2v) is 5.18. The van der Waals surface area contributed by atoms with Gasteiger partial charge >= 0.3 is 0 Å². The lowest BCUT2D eigenvalue weighted by molar-refractivity contribution is -0.384. The Labute approximate surface area is 117 Å². The second-order valence-electron chi connectivity index (χ2n) is 5.18. The molecule has 1 aromatic rings. The highest BCUT2D eigenvalue weighted by atomic mass is 16.6. The molecule has 0 saturated carbocycles.